The third-order valence-electron chi connectivity index (χ3n) is 4.59. The molecule has 0 aliphatic rings. The summed E-state index contributed by atoms with van der Waals surface area (Å²) in [5.41, 5.74) is 3.51. The lowest BCUT2D eigenvalue weighted by molar-refractivity contribution is -0.147. The molecule has 0 saturated heterocycles. The third kappa shape index (κ3) is 5.44. The summed E-state index contributed by atoms with van der Waals surface area (Å²) in [5.74, 6) is 0.551. The number of carbonyl (C=O) groups excluding carboxylic acids is 1. The fraction of sp³-hybridized carbons (Fsp3) is 0.409. The molecule has 0 aliphatic heterocycles. The molecule has 7 heteroatoms. The van der Waals surface area contributed by atoms with Gasteiger partial charge in [0, 0.05) is 6.42 Å². The molecule has 1 atom stereocenters. The lowest BCUT2D eigenvalue weighted by atomic mass is 10.1. The van der Waals surface area contributed by atoms with Crippen LogP contribution in [0.25, 0.3) is 16.7 Å². The number of hydrogen-bond acceptors (Lipinski definition) is 5. The topological polar surface area (TPSA) is 66.2 Å². The highest BCUT2D eigenvalue weighted by Gasteiger charge is 2.20. The number of fused-ring (bicyclic) bond motifs is 1. The maximum atomic E-state index is 11.9. The van der Waals surface area contributed by atoms with E-state index in [-0.39, 0.29) is 11.9 Å². The molecular formula is C22H29N3O3Si. The first kappa shape index (κ1) is 21.0. The van der Waals surface area contributed by atoms with Crippen molar-refractivity contribution in [3.05, 3.63) is 48.0 Å². The largest absolute Gasteiger partial charge is 0.543 e. The molecule has 154 valence electrons. The van der Waals surface area contributed by atoms with Gasteiger partial charge in [0.1, 0.15) is 22.5 Å². The summed E-state index contributed by atoms with van der Waals surface area (Å²) in [6, 6.07) is 13.8. The van der Waals surface area contributed by atoms with Crippen LogP contribution in [0.5, 0.6) is 5.75 Å². The minimum atomic E-state index is -1.81. The van der Waals surface area contributed by atoms with Crippen LogP contribution in [0, 0.1) is 5.92 Å². The Balaban J connectivity index is 1.87. The molecule has 1 aromatic heterocycles. The van der Waals surface area contributed by atoms with Gasteiger partial charge in [0.05, 0.1) is 12.5 Å². The highest BCUT2D eigenvalue weighted by molar-refractivity contribution is 6.70. The van der Waals surface area contributed by atoms with Crippen molar-refractivity contribution in [3.63, 3.8) is 0 Å². The summed E-state index contributed by atoms with van der Waals surface area (Å²) >= 11 is 0. The van der Waals surface area contributed by atoms with Crippen LogP contribution in [0.4, 0.5) is 0 Å². The first-order valence-corrected chi connectivity index (χ1v) is 13.5. The van der Waals surface area contributed by atoms with Crippen LogP contribution < -0.4 is 4.43 Å². The summed E-state index contributed by atoms with van der Waals surface area (Å²) < 4.78 is 11.7. The van der Waals surface area contributed by atoms with E-state index in [0.717, 1.165) is 34.5 Å². The van der Waals surface area contributed by atoms with E-state index >= 15 is 0 Å². The molecule has 29 heavy (non-hydrogen) atoms. The number of benzene rings is 2. The Labute approximate surface area is 173 Å². The van der Waals surface area contributed by atoms with Crippen molar-refractivity contribution in [2.75, 3.05) is 6.61 Å². The number of hydrogen-bond donors (Lipinski definition) is 0. The van der Waals surface area contributed by atoms with Gasteiger partial charge in [0.25, 0.3) is 0 Å². The normalized spacial score (nSPS) is 12.7. The molecule has 2 aromatic carbocycles. The highest BCUT2D eigenvalue weighted by atomic mass is 28.4. The summed E-state index contributed by atoms with van der Waals surface area (Å²) in [7, 11) is -1.81. The number of carbonyl (C=O) groups is 1. The highest BCUT2D eigenvalue weighted by Crippen LogP contribution is 2.27. The molecule has 0 spiro atoms. The molecule has 0 bridgehead atoms. The van der Waals surface area contributed by atoms with Crippen molar-refractivity contribution in [2.45, 2.75) is 46.3 Å². The second kappa shape index (κ2) is 8.78. The van der Waals surface area contributed by atoms with Gasteiger partial charge in [0.15, 0.2) is 0 Å². The molecule has 3 aromatic rings. The van der Waals surface area contributed by atoms with Gasteiger partial charge in [-0.05, 0) is 55.9 Å². The zero-order valence-electron chi connectivity index (χ0n) is 17.8. The van der Waals surface area contributed by atoms with Crippen molar-refractivity contribution in [2.24, 2.45) is 5.92 Å². The lowest BCUT2D eigenvalue weighted by Gasteiger charge is -2.21. The van der Waals surface area contributed by atoms with Crippen molar-refractivity contribution < 1.29 is 14.0 Å². The van der Waals surface area contributed by atoms with Crippen LogP contribution in [0.1, 0.15) is 25.8 Å². The molecule has 0 radical (unpaired) electrons. The molecule has 0 fully saturated rings. The van der Waals surface area contributed by atoms with E-state index in [2.05, 4.69) is 29.8 Å². The number of rotatable bonds is 8. The first-order chi connectivity index (χ1) is 13.8. The van der Waals surface area contributed by atoms with E-state index in [9.17, 15) is 4.79 Å². The number of esters is 1. The maximum absolute atomic E-state index is 11.9. The smallest absolute Gasteiger partial charge is 0.308 e. The van der Waals surface area contributed by atoms with Gasteiger partial charge in [-0.3, -0.25) is 4.79 Å². The summed E-state index contributed by atoms with van der Waals surface area (Å²) in [4.78, 5) is 13.5. The van der Waals surface area contributed by atoms with Gasteiger partial charge < -0.3 is 9.16 Å². The van der Waals surface area contributed by atoms with Crippen LogP contribution in [0.3, 0.4) is 0 Å². The van der Waals surface area contributed by atoms with Crippen LogP contribution in [-0.4, -0.2) is 35.9 Å². The van der Waals surface area contributed by atoms with Crippen LogP contribution in [0.2, 0.25) is 19.6 Å². The van der Waals surface area contributed by atoms with Gasteiger partial charge in [-0.2, -0.15) is 0 Å². The van der Waals surface area contributed by atoms with Gasteiger partial charge in [0.2, 0.25) is 8.32 Å². The van der Waals surface area contributed by atoms with Crippen LogP contribution >= 0.6 is 0 Å². The van der Waals surface area contributed by atoms with Gasteiger partial charge >= 0.3 is 5.97 Å². The number of nitrogens with zero attached hydrogens (tertiary/aromatic N) is 3. The second-order valence-corrected chi connectivity index (χ2v) is 12.7. The van der Waals surface area contributed by atoms with E-state index < -0.39 is 8.32 Å². The van der Waals surface area contributed by atoms with Gasteiger partial charge in [-0.1, -0.05) is 32.0 Å². The van der Waals surface area contributed by atoms with Crippen molar-refractivity contribution in [1.29, 1.82) is 0 Å². The quantitative estimate of drug-likeness (QED) is 0.395. The number of aromatic nitrogens is 3. The Morgan fingerprint density at radius 3 is 2.34 bits per heavy atom. The summed E-state index contributed by atoms with van der Waals surface area (Å²) in [5, 5.41) is 9.23. The average Bonchev–Trinajstić information content (AvgIpc) is 3.11. The standard InChI is InChI=1S/C22H29N3O3Si/c1-6-16(2)22(26)27-14-13-17-11-12-21(28-29(3,4)5)20(15-17)25-23-18-9-7-8-10-19(18)24-25/h7-12,15-16H,6,13-14H2,1-5H3. The minimum Gasteiger partial charge on any atom is -0.543 e. The zero-order valence-corrected chi connectivity index (χ0v) is 18.8. The molecule has 1 unspecified atom stereocenters. The molecule has 6 nitrogen and oxygen atoms in total. The molecular weight excluding hydrogens is 382 g/mol. The van der Waals surface area contributed by atoms with E-state index in [1.807, 2.05) is 56.3 Å². The Morgan fingerprint density at radius 2 is 1.76 bits per heavy atom. The first-order valence-electron chi connectivity index (χ1n) is 10.1. The second-order valence-electron chi connectivity index (χ2n) is 8.22. The van der Waals surface area contributed by atoms with E-state index in [1.54, 1.807) is 4.80 Å². The predicted molar refractivity (Wildman–Crippen MR) is 117 cm³/mol. The van der Waals surface area contributed by atoms with Crippen molar-refractivity contribution in [3.8, 4) is 11.4 Å². The summed E-state index contributed by atoms with van der Waals surface area (Å²) in [6.07, 6.45) is 1.41. The van der Waals surface area contributed by atoms with Gasteiger partial charge in [-0.25, -0.2) is 0 Å². The van der Waals surface area contributed by atoms with Crippen LogP contribution in [-0.2, 0) is 16.0 Å². The van der Waals surface area contributed by atoms with E-state index in [0.29, 0.717) is 13.0 Å². The molecule has 1 heterocycles. The molecule has 0 amide bonds. The maximum Gasteiger partial charge on any atom is 0.308 e. The molecule has 0 aliphatic carbocycles. The number of ether oxygens (including phenoxy) is 1. The Bertz CT molecular complexity index is 961. The van der Waals surface area contributed by atoms with Crippen molar-refractivity contribution in [1.82, 2.24) is 15.0 Å². The van der Waals surface area contributed by atoms with Gasteiger partial charge in [-0.15, -0.1) is 15.0 Å². The predicted octanol–water partition coefficient (Wildman–Crippen LogP) is 4.77. The van der Waals surface area contributed by atoms with Crippen molar-refractivity contribution >= 4 is 25.3 Å². The Kier molecular flexibility index (Phi) is 6.37. The van der Waals surface area contributed by atoms with Crippen LogP contribution in [0.15, 0.2) is 42.5 Å². The average molecular weight is 412 g/mol. The molecule has 0 N–H and O–H groups in total. The molecule has 0 saturated carbocycles. The monoisotopic (exact) mass is 411 g/mol. The molecule has 3 rings (SSSR count). The van der Waals surface area contributed by atoms with E-state index in [1.165, 1.54) is 0 Å². The fourth-order valence-electron chi connectivity index (χ4n) is 2.84. The SMILES string of the molecule is CCC(C)C(=O)OCCc1ccc(O[Si](C)(C)C)c(-n2nc3ccccc3n2)c1. The fourth-order valence-corrected chi connectivity index (χ4v) is 3.67. The third-order valence-corrected chi connectivity index (χ3v) is 5.42. The Hall–Kier alpha value is -2.67. The van der Waals surface area contributed by atoms with E-state index in [4.69, 9.17) is 9.16 Å². The lowest BCUT2D eigenvalue weighted by Crippen LogP contribution is -2.30. The minimum absolute atomic E-state index is 0.0706. The Morgan fingerprint density at radius 1 is 1.10 bits per heavy atom. The zero-order chi connectivity index (χ0) is 21.0. The summed E-state index contributed by atoms with van der Waals surface area (Å²) in [6.45, 7) is 10.7.